The van der Waals surface area contributed by atoms with Crippen LogP contribution in [0.2, 0.25) is 0 Å². The highest BCUT2D eigenvalue weighted by molar-refractivity contribution is 5.79. The molecule has 7 nitrogen and oxygen atoms in total. The molecule has 29 heavy (non-hydrogen) atoms. The summed E-state index contributed by atoms with van der Waals surface area (Å²) >= 11 is 0. The van der Waals surface area contributed by atoms with E-state index in [9.17, 15) is 4.79 Å². The highest BCUT2D eigenvalue weighted by Crippen LogP contribution is 2.31. The number of anilines is 2. The van der Waals surface area contributed by atoms with E-state index in [2.05, 4.69) is 15.3 Å². The van der Waals surface area contributed by atoms with E-state index in [1.54, 1.807) is 18.6 Å². The highest BCUT2D eigenvalue weighted by Gasteiger charge is 2.21. The van der Waals surface area contributed by atoms with Gasteiger partial charge in [-0.15, -0.1) is 0 Å². The average molecular weight is 386 g/mol. The van der Waals surface area contributed by atoms with Crippen LogP contribution >= 0.6 is 0 Å². The minimum Gasteiger partial charge on any atom is -0.324 e. The average Bonchev–Trinajstić information content (AvgIpc) is 3.43. The van der Waals surface area contributed by atoms with Crippen LogP contribution in [0.3, 0.4) is 0 Å². The molecule has 1 aromatic carbocycles. The third-order valence-corrected chi connectivity index (χ3v) is 5.59. The number of hydrogen-bond acceptors (Lipinski definition) is 5. The van der Waals surface area contributed by atoms with Crippen molar-refractivity contribution in [3.05, 3.63) is 71.2 Å². The SMILES string of the molecule is Cc1nc(Nc2ccc(-n3ccnc3)cc2)nc2c1ccc(=O)n2C1CCCC1. The normalized spacial score (nSPS) is 14.5. The molecule has 146 valence electrons. The summed E-state index contributed by atoms with van der Waals surface area (Å²) in [6, 6.07) is 11.7. The van der Waals surface area contributed by atoms with E-state index in [1.165, 1.54) is 0 Å². The van der Waals surface area contributed by atoms with Crippen LogP contribution in [0, 0.1) is 6.92 Å². The van der Waals surface area contributed by atoms with Gasteiger partial charge in [-0.05, 0) is 50.1 Å². The van der Waals surface area contributed by atoms with Crippen LogP contribution < -0.4 is 10.9 Å². The second kappa shape index (κ2) is 7.16. The number of benzene rings is 1. The predicted octanol–water partition coefficient (Wildman–Crippen LogP) is 4.14. The lowest BCUT2D eigenvalue weighted by Gasteiger charge is -2.17. The number of aryl methyl sites for hydroxylation is 1. The van der Waals surface area contributed by atoms with E-state index in [-0.39, 0.29) is 11.6 Å². The van der Waals surface area contributed by atoms with Crippen LogP contribution in [-0.4, -0.2) is 24.1 Å². The molecule has 0 bridgehead atoms. The second-order valence-electron chi connectivity index (χ2n) is 7.49. The van der Waals surface area contributed by atoms with Crippen LogP contribution in [0.25, 0.3) is 16.7 Å². The minimum absolute atomic E-state index is 0.0122. The van der Waals surface area contributed by atoms with Gasteiger partial charge in [-0.25, -0.2) is 9.97 Å². The third-order valence-electron chi connectivity index (χ3n) is 5.59. The molecule has 1 aliphatic rings. The van der Waals surface area contributed by atoms with Gasteiger partial charge in [0.15, 0.2) is 0 Å². The van der Waals surface area contributed by atoms with Gasteiger partial charge in [0.1, 0.15) is 5.65 Å². The zero-order chi connectivity index (χ0) is 19.8. The van der Waals surface area contributed by atoms with Gasteiger partial charge in [0.2, 0.25) is 5.95 Å². The summed E-state index contributed by atoms with van der Waals surface area (Å²) in [5.74, 6) is 0.503. The molecule has 1 saturated carbocycles. The number of rotatable bonds is 4. The van der Waals surface area contributed by atoms with Gasteiger partial charge in [0, 0.05) is 41.3 Å². The summed E-state index contributed by atoms with van der Waals surface area (Å²) in [5.41, 5.74) is 3.50. The molecule has 1 fully saturated rings. The molecule has 4 aromatic rings. The summed E-state index contributed by atoms with van der Waals surface area (Å²) in [7, 11) is 0. The molecule has 3 aromatic heterocycles. The molecule has 0 atom stereocenters. The molecule has 0 aliphatic heterocycles. The summed E-state index contributed by atoms with van der Waals surface area (Å²) in [6.07, 6.45) is 9.79. The number of aromatic nitrogens is 5. The molecule has 0 spiro atoms. The van der Waals surface area contributed by atoms with E-state index >= 15 is 0 Å². The summed E-state index contributed by atoms with van der Waals surface area (Å²) in [6.45, 7) is 1.96. The number of pyridine rings is 1. The smallest absolute Gasteiger partial charge is 0.252 e. The standard InChI is InChI=1S/C22H22N6O/c1-15-19-10-11-20(29)28(18-4-2-3-5-18)21(19)26-22(24-15)25-16-6-8-17(9-7-16)27-13-12-23-14-27/h6-14,18H,2-5H2,1H3,(H,24,25,26). The Morgan fingerprint density at radius 2 is 1.83 bits per heavy atom. The first-order valence-corrected chi connectivity index (χ1v) is 9.94. The lowest BCUT2D eigenvalue weighted by atomic mass is 10.2. The summed E-state index contributed by atoms with van der Waals surface area (Å²) < 4.78 is 3.81. The van der Waals surface area contributed by atoms with Gasteiger partial charge in [-0.2, -0.15) is 4.98 Å². The van der Waals surface area contributed by atoms with Crippen molar-refractivity contribution in [2.75, 3.05) is 5.32 Å². The zero-order valence-electron chi connectivity index (χ0n) is 16.2. The first-order valence-electron chi connectivity index (χ1n) is 9.94. The number of nitrogens with one attached hydrogen (secondary N) is 1. The zero-order valence-corrected chi connectivity index (χ0v) is 16.2. The molecule has 5 rings (SSSR count). The van der Waals surface area contributed by atoms with Crippen molar-refractivity contribution in [3.8, 4) is 5.69 Å². The van der Waals surface area contributed by atoms with Gasteiger partial charge >= 0.3 is 0 Å². The van der Waals surface area contributed by atoms with Crippen molar-refractivity contribution in [2.24, 2.45) is 0 Å². The fraction of sp³-hybridized carbons (Fsp3) is 0.273. The van der Waals surface area contributed by atoms with Gasteiger partial charge in [-0.3, -0.25) is 9.36 Å². The predicted molar refractivity (Wildman–Crippen MR) is 113 cm³/mol. The third kappa shape index (κ3) is 3.29. The van der Waals surface area contributed by atoms with E-state index < -0.39 is 0 Å². The van der Waals surface area contributed by atoms with Crippen LogP contribution in [-0.2, 0) is 0 Å². The van der Waals surface area contributed by atoms with Crippen molar-refractivity contribution >= 4 is 22.7 Å². The maximum absolute atomic E-state index is 12.6. The fourth-order valence-electron chi connectivity index (χ4n) is 4.11. The van der Waals surface area contributed by atoms with Crippen LogP contribution in [0.5, 0.6) is 0 Å². The Bertz CT molecular complexity index is 1200. The Balaban J connectivity index is 1.52. The molecule has 0 unspecified atom stereocenters. The first kappa shape index (κ1) is 17.6. The Kier molecular flexibility index (Phi) is 4.35. The van der Waals surface area contributed by atoms with Crippen LogP contribution in [0.1, 0.15) is 37.4 Å². The lowest BCUT2D eigenvalue weighted by molar-refractivity contribution is 0.516. The van der Waals surface area contributed by atoms with Gasteiger partial charge in [-0.1, -0.05) is 12.8 Å². The van der Waals surface area contributed by atoms with Gasteiger partial charge < -0.3 is 9.88 Å². The second-order valence-corrected chi connectivity index (χ2v) is 7.49. The maximum Gasteiger partial charge on any atom is 0.252 e. The van der Waals surface area contributed by atoms with Gasteiger partial charge in [0.05, 0.1) is 12.0 Å². The van der Waals surface area contributed by atoms with E-state index in [0.29, 0.717) is 5.95 Å². The minimum atomic E-state index is 0.0122. The Morgan fingerprint density at radius 3 is 2.55 bits per heavy atom. The molecule has 1 aliphatic carbocycles. The Morgan fingerprint density at radius 1 is 1.03 bits per heavy atom. The molecule has 0 amide bonds. The number of imidazole rings is 1. The summed E-state index contributed by atoms with van der Waals surface area (Å²) in [5, 5.41) is 4.21. The number of nitrogens with zero attached hydrogens (tertiary/aromatic N) is 5. The lowest BCUT2D eigenvalue weighted by Crippen LogP contribution is -2.24. The molecule has 0 saturated heterocycles. The van der Waals surface area contributed by atoms with Crippen molar-refractivity contribution in [1.29, 1.82) is 0 Å². The van der Waals surface area contributed by atoms with Crippen molar-refractivity contribution in [1.82, 2.24) is 24.1 Å². The van der Waals surface area contributed by atoms with E-state index in [1.807, 2.05) is 52.6 Å². The molecule has 1 N–H and O–H groups in total. The Labute approximate surface area is 168 Å². The molecular weight excluding hydrogens is 364 g/mol. The fourth-order valence-corrected chi connectivity index (χ4v) is 4.11. The topological polar surface area (TPSA) is 77.6 Å². The van der Waals surface area contributed by atoms with Crippen LogP contribution in [0.4, 0.5) is 11.6 Å². The molecule has 0 radical (unpaired) electrons. The molecule has 3 heterocycles. The van der Waals surface area contributed by atoms with Crippen LogP contribution in [0.15, 0.2) is 59.9 Å². The number of fused-ring (bicyclic) bond motifs is 1. The van der Waals surface area contributed by atoms with Crippen molar-refractivity contribution in [3.63, 3.8) is 0 Å². The van der Waals surface area contributed by atoms with Gasteiger partial charge in [0.25, 0.3) is 5.56 Å². The molecule has 7 heteroatoms. The first-order chi connectivity index (χ1) is 14.2. The van der Waals surface area contributed by atoms with E-state index in [0.717, 1.165) is 53.8 Å². The largest absolute Gasteiger partial charge is 0.324 e. The van der Waals surface area contributed by atoms with Crippen molar-refractivity contribution < 1.29 is 0 Å². The monoisotopic (exact) mass is 386 g/mol. The highest BCUT2D eigenvalue weighted by atomic mass is 16.1. The quantitative estimate of drug-likeness (QED) is 0.570. The summed E-state index contributed by atoms with van der Waals surface area (Å²) in [4.78, 5) is 26.0. The van der Waals surface area contributed by atoms with E-state index in [4.69, 9.17) is 4.98 Å². The number of hydrogen-bond donors (Lipinski definition) is 1. The Hall–Kier alpha value is -3.48. The molecular formula is C22H22N6O. The van der Waals surface area contributed by atoms with Crippen molar-refractivity contribution in [2.45, 2.75) is 38.6 Å². The maximum atomic E-state index is 12.6.